The van der Waals surface area contributed by atoms with E-state index in [2.05, 4.69) is 20.2 Å². The molecule has 1 fully saturated rings. The number of nitrogens with one attached hydrogen (secondary N) is 1. The van der Waals surface area contributed by atoms with Gasteiger partial charge in [-0.2, -0.15) is 0 Å². The molecule has 1 aromatic carbocycles. The summed E-state index contributed by atoms with van der Waals surface area (Å²) < 4.78 is 5.16. The van der Waals surface area contributed by atoms with Crippen LogP contribution in [0.1, 0.15) is 18.4 Å². The molecule has 0 aliphatic carbocycles. The molecule has 1 aliphatic rings. The number of aromatic nitrogens is 2. The summed E-state index contributed by atoms with van der Waals surface area (Å²) in [6.45, 7) is 2.19. The van der Waals surface area contributed by atoms with Gasteiger partial charge in [-0.15, -0.1) is 0 Å². The standard InChI is InChI=1S/C19H25N5O2/c1-23(13-15-6-8-17(26-2)9-7-15)19(25)22-16-5-3-12-24(14-16)18-20-10-4-11-21-18/h4,6-11,16H,3,5,12-14H2,1-2H3,(H,22,25). The molecule has 2 aromatic rings. The van der Waals surface area contributed by atoms with Crippen molar-refractivity contribution in [3.8, 4) is 5.75 Å². The maximum absolute atomic E-state index is 12.5. The number of amides is 2. The van der Waals surface area contributed by atoms with E-state index >= 15 is 0 Å². The highest BCUT2D eigenvalue weighted by atomic mass is 16.5. The van der Waals surface area contributed by atoms with Crippen molar-refractivity contribution in [2.45, 2.75) is 25.4 Å². The monoisotopic (exact) mass is 355 g/mol. The van der Waals surface area contributed by atoms with Crippen LogP contribution in [0, 0.1) is 0 Å². The van der Waals surface area contributed by atoms with Crippen LogP contribution in [-0.2, 0) is 6.54 Å². The van der Waals surface area contributed by atoms with Crippen molar-refractivity contribution in [2.24, 2.45) is 0 Å². The van der Waals surface area contributed by atoms with Gasteiger partial charge in [-0.1, -0.05) is 12.1 Å². The molecule has 2 amide bonds. The lowest BCUT2D eigenvalue weighted by atomic mass is 10.1. The van der Waals surface area contributed by atoms with Crippen LogP contribution in [0.3, 0.4) is 0 Å². The van der Waals surface area contributed by atoms with E-state index in [1.54, 1.807) is 37.5 Å². The first-order chi connectivity index (χ1) is 12.7. The molecule has 0 bridgehead atoms. The van der Waals surface area contributed by atoms with Gasteiger partial charge >= 0.3 is 6.03 Å². The van der Waals surface area contributed by atoms with Crippen LogP contribution in [0.25, 0.3) is 0 Å². The van der Waals surface area contributed by atoms with E-state index in [1.165, 1.54) is 0 Å². The van der Waals surface area contributed by atoms with Crippen LogP contribution < -0.4 is 15.0 Å². The SMILES string of the molecule is COc1ccc(CN(C)C(=O)NC2CCCN(c3ncccn3)C2)cc1. The summed E-state index contributed by atoms with van der Waals surface area (Å²) in [5, 5.41) is 3.13. The van der Waals surface area contributed by atoms with Crippen LogP contribution >= 0.6 is 0 Å². The van der Waals surface area contributed by atoms with Crippen LogP contribution in [-0.4, -0.2) is 54.2 Å². The fourth-order valence-corrected chi connectivity index (χ4v) is 3.09. The zero-order valence-electron chi connectivity index (χ0n) is 15.3. The molecule has 7 heteroatoms. The fourth-order valence-electron chi connectivity index (χ4n) is 3.09. The van der Waals surface area contributed by atoms with E-state index < -0.39 is 0 Å². The van der Waals surface area contributed by atoms with Crippen molar-refractivity contribution in [3.63, 3.8) is 0 Å². The normalized spacial score (nSPS) is 16.8. The highest BCUT2D eigenvalue weighted by Crippen LogP contribution is 2.16. The summed E-state index contributed by atoms with van der Waals surface area (Å²) >= 11 is 0. The Hall–Kier alpha value is -2.83. The van der Waals surface area contributed by atoms with Gasteiger partial charge in [-0.3, -0.25) is 0 Å². The van der Waals surface area contributed by atoms with Crippen molar-refractivity contribution < 1.29 is 9.53 Å². The Morgan fingerprint density at radius 1 is 1.31 bits per heavy atom. The number of nitrogens with zero attached hydrogens (tertiary/aromatic N) is 4. The first-order valence-corrected chi connectivity index (χ1v) is 8.82. The van der Waals surface area contributed by atoms with Gasteiger partial charge in [0, 0.05) is 45.1 Å². The third-order valence-electron chi connectivity index (χ3n) is 4.51. The molecule has 26 heavy (non-hydrogen) atoms. The molecule has 138 valence electrons. The van der Waals surface area contributed by atoms with Crippen molar-refractivity contribution in [3.05, 3.63) is 48.3 Å². The van der Waals surface area contributed by atoms with Crippen molar-refractivity contribution in [1.82, 2.24) is 20.2 Å². The Balaban J connectivity index is 1.53. The third-order valence-corrected chi connectivity index (χ3v) is 4.51. The number of rotatable bonds is 5. The van der Waals surface area contributed by atoms with Gasteiger partial charge in [0.25, 0.3) is 0 Å². The molecule has 1 unspecified atom stereocenters. The summed E-state index contributed by atoms with van der Waals surface area (Å²) in [5.74, 6) is 1.53. The van der Waals surface area contributed by atoms with Gasteiger partial charge in [0.05, 0.1) is 7.11 Å². The minimum absolute atomic E-state index is 0.0679. The van der Waals surface area contributed by atoms with Gasteiger partial charge in [-0.25, -0.2) is 14.8 Å². The van der Waals surface area contributed by atoms with Crippen molar-refractivity contribution >= 4 is 12.0 Å². The van der Waals surface area contributed by atoms with Crippen LogP contribution in [0.2, 0.25) is 0 Å². The number of carbonyl (C=O) groups is 1. The molecule has 0 spiro atoms. The lowest BCUT2D eigenvalue weighted by Crippen LogP contribution is -2.51. The first-order valence-electron chi connectivity index (χ1n) is 8.82. The second kappa shape index (κ2) is 8.51. The third kappa shape index (κ3) is 4.62. The molecule has 1 atom stereocenters. The number of ether oxygens (including phenoxy) is 1. The van der Waals surface area contributed by atoms with E-state index in [1.807, 2.05) is 24.3 Å². The smallest absolute Gasteiger partial charge is 0.317 e. The molecule has 2 heterocycles. The zero-order chi connectivity index (χ0) is 18.4. The minimum atomic E-state index is -0.0679. The van der Waals surface area contributed by atoms with Gasteiger partial charge in [0.1, 0.15) is 5.75 Å². The van der Waals surface area contributed by atoms with Crippen LogP contribution in [0.4, 0.5) is 10.7 Å². The average molecular weight is 355 g/mol. The van der Waals surface area contributed by atoms with Gasteiger partial charge in [0.2, 0.25) is 5.95 Å². The maximum Gasteiger partial charge on any atom is 0.317 e. The predicted octanol–water partition coefficient (Wildman–Crippen LogP) is 2.30. The predicted molar refractivity (Wildman–Crippen MR) is 100 cm³/mol. The lowest BCUT2D eigenvalue weighted by Gasteiger charge is -2.34. The van der Waals surface area contributed by atoms with Crippen molar-refractivity contribution in [1.29, 1.82) is 0 Å². The second-order valence-electron chi connectivity index (χ2n) is 6.49. The van der Waals surface area contributed by atoms with Gasteiger partial charge < -0.3 is 19.9 Å². The Kier molecular flexibility index (Phi) is 5.88. The second-order valence-corrected chi connectivity index (χ2v) is 6.49. The molecule has 3 rings (SSSR count). The Bertz CT molecular complexity index is 708. The topological polar surface area (TPSA) is 70.6 Å². The van der Waals surface area contributed by atoms with Gasteiger partial charge in [-0.05, 0) is 36.6 Å². The molecule has 0 saturated carbocycles. The Morgan fingerprint density at radius 3 is 2.73 bits per heavy atom. The van der Waals surface area contributed by atoms with Gasteiger partial charge in [0.15, 0.2) is 0 Å². The summed E-state index contributed by atoms with van der Waals surface area (Å²) in [6, 6.07) is 9.58. The zero-order valence-corrected chi connectivity index (χ0v) is 15.3. The lowest BCUT2D eigenvalue weighted by molar-refractivity contribution is 0.200. The number of hydrogen-bond donors (Lipinski definition) is 1. The van der Waals surface area contributed by atoms with E-state index in [0.29, 0.717) is 6.54 Å². The van der Waals surface area contributed by atoms with E-state index in [-0.39, 0.29) is 12.1 Å². The number of benzene rings is 1. The van der Waals surface area contributed by atoms with Crippen LogP contribution in [0.5, 0.6) is 5.75 Å². The average Bonchev–Trinajstić information content (AvgIpc) is 2.69. The largest absolute Gasteiger partial charge is 0.497 e. The number of urea groups is 1. The molecule has 7 nitrogen and oxygen atoms in total. The van der Waals surface area contributed by atoms with E-state index in [0.717, 1.165) is 43.2 Å². The molecular weight excluding hydrogens is 330 g/mol. The number of anilines is 1. The number of hydrogen-bond acceptors (Lipinski definition) is 5. The Morgan fingerprint density at radius 2 is 2.04 bits per heavy atom. The Labute approximate surface area is 154 Å². The molecular formula is C19H25N5O2. The number of methoxy groups -OCH3 is 1. The highest BCUT2D eigenvalue weighted by molar-refractivity contribution is 5.74. The maximum atomic E-state index is 12.5. The summed E-state index contributed by atoms with van der Waals surface area (Å²) in [5.41, 5.74) is 1.06. The summed E-state index contributed by atoms with van der Waals surface area (Å²) in [4.78, 5) is 24.9. The van der Waals surface area contributed by atoms with Crippen molar-refractivity contribution in [2.75, 3.05) is 32.1 Å². The molecule has 1 saturated heterocycles. The van der Waals surface area contributed by atoms with E-state index in [9.17, 15) is 4.79 Å². The number of piperidine rings is 1. The molecule has 1 aromatic heterocycles. The summed E-state index contributed by atoms with van der Waals surface area (Å²) in [7, 11) is 3.45. The molecule has 1 N–H and O–H groups in total. The number of carbonyl (C=O) groups excluding carboxylic acids is 1. The highest BCUT2D eigenvalue weighted by Gasteiger charge is 2.24. The minimum Gasteiger partial charge on any atom is -0.497 e. The first kappa shape index (κ1) is 18.0. The van der Waals surface area contributed by atoms with E-state index in [4.69, 9.17) is 4.74 Å². The quantitative estimate of drug-likeness (QED) is 0.891. The van der Waals surface area contributed by atoms with Crippen LogP contribution in [0.15, 0.2) is 42.7 Å². The summed E-state index contributed by atoms with van der Waals surface area (Å²) in [6.07, 6.45) is 5.46. The fraction of sp³-hybridized carbons (Fsp3) is 0.421. The molecule has 1 aliphatic heterocycles. The molecule has 0 radical (unpaired) electrons.